The Kier molecular flexibility index (Phi) is 4.67. The van der Waals surface area contributed by atoms with Crippen LogP contribution in [-0.2, 0) is 18.3 Å². The van der Waals surface area contributed by atoms with Crippen LogP contribution in [-0.4, -0.2) is 36.4 Å². The van der Waals surface area contributed by atoms with Gasteiger partial charge in [-0.05, 0) is 18.9 Å². The lowest BCUT2D eigenvalue weighted by molar-refractivity contribution is 0.0931. The van der Waals surface area contributed by atoms with E-state index < -0.39 is 0 Å². The maximum Gasteiger partial charge on any atom is 0.353 e. The summed E-state index contributed by atoms with van der Waals surface area (Å²) in [4.78, 5) is 29.7. The summed E-state index contributed by atoms with van der Waals surface area (Å²) >= 11 is 0. The van der Waals surface area contributed by atoms with Crippen molar-refractivity contribution in [2.45, 2.75) is 25.5 Å². The molecule has 3 aromatic heterocycles. The number of nitrogens with zero attached hydrogens (tertiary/aromatic N) is 5. The minimum atomic E-state index is -0.360. The maximum atomic E-state index is 13.1. The average molecular weight is 418 g/mol. The molecule has 4 heterocycles. The molecule has 1 aliphatic rings. The van der Waals surface area contributed by atoms with Gasteiger partial charge in [0.15, 0.2) is 5.65 Å². The van der Waals surface area contributed by atoms with Crippen LogP contribution in [0, 0.1) is 0 Å². The Hall–Kier alpha value is -3.72. The highest BCUT2D eigenvalue weighted by Crippen LogP contribution is 2.33. The number of hydrogen-bond acceptors (Lipinski definition) is 6. The van der Waals surface area contributed by atoms with E-state index in [2.05, 4.69) is 10.1 Å². The SMILES string of the molecule is Cn1cc(-c2c(-c3ccccc3)nc(N)n3c(=O)n(C[C@H]4CCCO4)nc23)ccc1=O. The molecule has 158 valence electrons. The molecular formula is C22H22N6O3. The van der Waals surface area contributed by atoms with E-state index in [0.717, 1.165) is 18.4 Å². The fraction of sp³-hybridized carbons (Fsp3) is 0.273. The van der Waals surface area contributed by atoms with Crippen molar-refractivity contribution in [3.05, 3.63) is 69.5 Å². The molecule has 1 aromatic carbocycles. The normalized spacial score (nSPS) is 16.2. The fourth-order valence-electron chi connectivity index (χ4n) is 4.02. The minimum Gasteiger partial charge on any atom is -0.376 e. The van der Waals surface area contributed by atoms with Crippen molar-refractivity contribution in [1.82, 2.24) is 23.7 Å². The number of nitrogen functional groups attached to an aromatic ring is 1. The Morgan fingerprint density at radius 1 is 1.13 bits per heavy atom. The highest BCUT2D eigenvalue weighted by atomic mass is 16.5. The maximum absolute atomic E-state index is 13.1. The van der Waals surface area contributed by atoms with E-state index in [9.17, 15) is 9.59 Å². The molecule has 5 rings (SSSR count). The van der Waals surface area contributed by atoms with Crippen LogP contribution >= 0.6 is 0 Å². The highest BCUT2D eigenvalue weighted by molar-refractivity contribution is 5.90. The van der Waals surface area contributed by atoms with Gasteiger partial charge in [-0.3, -0.25) is 4.79 Å². The summed E-state index contributed by atoms with van der Waals surface area (Å²) < 4.78 is 9.88. The highest BCUT2D eigenvalue weighted by Gasteiger charge is 2.24. The zero-order valence-corrected chi connectivity index (χ0v) is 17.1. The predicted molar refractivity (Wildman–Crippen MR) is 117 cm³/mol. The van der Waals surface area contributed by atoms with Crippen LogP contribution in [0.2, 0.25) is 0 Å². The Bertz CT molecular complexity index is 1380. The van der Waals surface area contributed by atoms with E-state index in [1.165, 1.54) is 19.7 Å². The molecule has 0 amide bonds. The molecule has 1 saturated heterocycles. The molecule has 0 unspecified atom stereocenters. The Balaban J connectivity index is 1.81. The summed E-state index contributed by atoms with van der Waals surface area (Å²) in [6.07, 6.45) is 3.52. The number of nitrogens with two attached hydrogens (primary N) is 1. The molecule has 0 saturated carbocycles. The van der Waals surface area contributed by atoms with E-state index in [-0.39, 0.29) is 23.3 Å². The molecule has 4 aromatic rings. The second kappa shape index (κ2) is 7.51. The number of aryl methyl sites for hydroxylation is 1. The third-order valence-corrected chi connectivity index (χ3v) is 5.58. The third kappa shape index (κ3) is 3.32. The smallest absolute Gasteiger partial charge is 0.353 e. The zero-order chi connectivity index (χ0) is 21.5. The lowest BCUT2D eigenvalue weighted by Crippen LogP contribution is -2.28. The lowest BCUT2D eigenvalue weighted by Gasteiger charge is -2.12. The van der Waals surface area contributed by atoms with Gasteiger partial charge in [0.25, 0.3) is 0 Å². The molecule has 0 aliphatic carbocycles. The van der Waals surface area contributed by atoms with E-state index >= 15 is 0 Å². The minimum absolute atomic E-state index is 0.0496. The zero-order valence-electron chi connectivity index (χ0n) is 17.1. The van der Waals surface area contributed by atoms with E-state index in [0.29, 0.717) is 35.6 Å². The Labute approximate surface area is 177 Å². The van der Waals surface area contributed by atoms with Crippen molar-refractivity contribution < 1.29 is 4.74 Å². The molecule has 0 radical (unpaired) electrons. The quantitative estimate of drug-likeness (QED) is 0.540. The number of fused-ring (bicyclic) bond motifs is 1. The van der Waals surface area contributed by atoms with Gasteiger partial charge in [0.05, 0.1) is 23.9 Å². The molecule has 0 spiro atoms. The monoisotopic (exact) mass is 418 g/mol. The standard InChI is InChI=1S/C22H22N6O3/c1-26-12-15(9-10-17(26)29)18-19(14-6-3-2-4-7-14)24-21(23)28-20(18)25-27(22(28)30)13-16-8-5-11-31-16/h2-4,6-7,9-10,12,16H,5,8,11,13H2,1H3,(H2,23,24)/t16-/m1/s1. The van der Waals surface area contributed by atoms with Crippen molar-refractivity contribution in [2.75, 3.05) is 12.3 Å². The van der Waals surface area contributed by atoms with E-state index in [4.69, 9.17) is 10.5 Å². The molecule has 9 nitrogen and oxygen atoms in total. The van der Waals surface area contributed by atoms with Gasteiger partial charge in [-0.2, -0.15) is 0 Å². The molecular weight excluding hydrogens is 396 g/mol. The molecule has 0 bridgehead atoms. The number of benzene rings is 1. The van der Waals surface area contributed by atoms with Crippen LogP contribution in [0.5, 0.6) is 0 Å². The summed E-state index contributed by atoms with van der Waals surface area (Å²) in [5.74, 6) is 0.0611. The first-order valence-corrected chi connectivity index (χ1v) is 10.2. The number of aromatic nitrogens is 5. The van der Waals surface area contributed by atoms with Gasteiger partial charge in [-0.25, -0.2) is 18.9 Å². The van der Waals surface area contributed by atoms with Gasteiger partial charge in [0.1, 0.15) is 0 Å². The summed E-state index contributed by atoms with van der Waals surface area (Å²) in [6.45, 7) is 1.05. The van der Waals surface area contributed by atoms with Crippen molar-refractivity contribution >= 4 is 11.6 Å². The number of rotatable bonds is 4. The van der Waals surface area contributed by atoms with Crippen LogP contribution in [0.3, 0.4) is 0 Å². The molecule has 1 atom stereocenters. The van der Waals surface area contributed by atoms with Crippen LogP contribution in [0.1, 0.15) is 12.8 Å². The van der Waals surface area contributed by atoms with Crippen molar-refractivity contribution in [3.8, 4) is 22.4 Å². The summed E-state index contributed by atoms with van der Waals surface area (Å²) in [6, 6.07) is 12.8. The summed E-state index contributed by atoms with van der Waals surface area (Å²) in [5.41, 5.74) is 8.92. The van der Waals surface area contributed by atoms with Crippen LogP contribution in [0.15, 0.2) is 58.3 Å². The topological polar surface area (TPSA) is 109 Å². The number of anilines is 1. The second-order valence-corrected chi connectivity index (χ2v) is 7.69. The number of hydrogen-bond donors (Lipinski definition) is 1. The Morgan fingerprint density at radius 3 is 2.65 bits per heavy atom. The van der Waals surface area contributed by atoms with Gasteiger partial charge < -0.3 is 15.0 Å². The Morgan fingerprint density at radius 2 is 1.94 bits per heavy atom. The van der Waals surface area contributed by atoms with E-state index in [1.807, 2.05) is 30.3 Å². The molecule has 9 heteroatoms. The van der Waals surface area contributed by atoms with Gasteiger partial charge in [-0.1, -0.05) is 30.3 Å². The molecule has 1 fully saturated rings. The number of ether oxygens (including phenoxy) is 1. The fourth-order valence-corrected chi connectivity index (χ4v) is 4.02. The van der Waals surface area contributed by atoms with E-state index in [1.54, 1.807) is 19.3 Å². The first-order chi connectivity index (χ1) is 15.0. The van der Waals surface area contributed by atoms with Gasteiger partial charge >= 0.3 is 5.69 Å². The van der Waals surface area contributed by atoms with Gasteiger partial charge in [0.2, 0.25) is 11.5 Å². The first-order valence-electron chi connectivity index (χ1n) is 10.2. The van der Waals surface area contributed by atoms with Gasteiger partial charge in [0, 0.05) is 37.0 Å². The summed E-state index contributed by atoms with van der Waals surface area (Å²) in [5, 5.41) is 4.63. The van der Waals surface area contributed by atoms with Crippen LogP contribution < -0.4 is 17.0 Å². The largest absolute Gasteiger partial charge is 0.376 e. The first kappa shape index (κ1) is 19.3. The molecule has 31 heavy (non-hydrogen) atoms. The molecule has 2 N–H and O–H groups in total. The van der Waals surface area contributed by atoms with Gasteiger partial charge in [-0.15, -0.1) is 5.10 Å². The average Bonchev–Trinajstić information content (AvgIpc) is 3.39. The molecule has 1 aliphatic heterocycles. The second-order valence-electron chi connectivity index (χ2n) is 7.69. The predicted octanol–water partition coefficient (Wildman–Crippen LogP) is 1.68. The lowest BCUT2D eigenvalue weighted by atomic mass is 10.0. The van der Waals surface area contributed by atoms with Crippen molar-refractivity contribution in [1.29, 1.82) is 0 Å². The van der Waals surface area contributed by atoms with Crippen LogP contribution in [0.4, 0.5) is 5.95 Å². The van der Waals surface area contributed by atoms with Crippen molar-refractivity contribution in [2.24, 2.45) is 7.05 Å². The number of pyridine rings is 1. The third-order valence-electron chi connectivity index (χ3n) is 5.58. The van der Waals surface area contributed by atoms with Crippen LogP contribution in [0.25, 0.3) is 28.0 Å². The van der Waals surface area contributed by atoms with Crippen molar-refractivity contribution in [3.63, 3.8) is 0 Å². The summed E-state index contributed by atoms with van der Waals surface area (Å²) in [7, 11) is 1.68.